The SMILES string of the molecule is O=C(O)CCCC(=O)N1C[C@H]2CC(c3ccc(CCCOc4cc(F)ccc4Br)cc3)=C(C(=O)N(Cc3ccccc3)C3CC3)[C@@H](C1)N2. The number of carboxylic acid groups (broad SMARTS) is 1. The first kappa shape index (κ1) is 33.9. The Labute approximate surface area is 289 Å². The van der Waals surface area contributed by atoms with Gasteiger partial charge in [0.2, 0.25) is 5.91 Å². The van der Waals surface area contributed by atoms with Crippen molar-refractivity contribution in [2.75, 3.05) is 19.7 Å². The molecule has 2 amide bonds. The number of carbonyl (C=O) groups excluding carboxylic acids is 2. The van der Waals surface area contributed by atoms with E-state index < -0.39 is 5.97 Å². The van der Waals surface area contributed by atoms with Gasteiger partial charge in [0.25, 0.3) is 5.91 Å². The van der Waals surface area contributed by atoms with Gasteiger partial charge in [0.1, 0.15) is 11.6 Å². The molecule has 0 aromatic heterocycles. The molecule has 3 aliphatic rings. The highest BCUT2D eigenvalue weighted by atomic mass is 79.9. The number of benzene rings is 3. The first-order chi connectivity index (χ1) is 23.2. The molecule has 2 fully saturated rings. The number of nitrogens with zero attached hydrogens (tertiary/aromatic N) is 2. The Hall–Kier alpha value is -4.02. The molecule has 1 aliphatic carbocycles. The smallest absolute Gasteiger partial charge is 0.303 e. The van der Waals surface area contributed by atoms with Crippen LogP contribution in [-0.2, 0) is 27.3 Å². The van der Waals surface area contributed by atoms with Crippen molar-refractivity contribution in [3.05, 3.63) is 105 Å². The van der Waals surface area contributed by atoms with Crippen molar-refractivity contribution in [2.24, 2.45) is 0 Å². The Bertz CT molecular complexity index is 1660. The molecule has 0 spiro atoms. The van der Waals surface area contributed by atoms with E-state index in [4.69, 9.17) is 9.84 Å². The number of rotatable bonds is 14. The van der Waals surface area contributed by atoms with E-state index in [1.807, 2.05) is 40.1 Å². The summed E-state index contributed by atoms with van der Waals surface area (Å²) in [6, 6.07) is 22.7. The minimum atomic E-state index is -0.907. The molecule has 1 saturated heterocycles. The van der Waals surface area contributed by atoms with Gasteiger partial charge in [0, 0.05) is 56.2 Å². The van der Waals surface area contributed by atoms with E-state index in [1.165, 1.54) is 12.1 Å². The number of piperazine rings is 1. The van der Waals surface area contributed by atoms with E-state index in [0.717, 1.165) is 53.5 Å². The first-order valence-corrected chi connectivity index (χ1v) is 17.5. The highest BCUT2D eigenvalue weighted by Gasteiger charge is 2.43. The van der Waals surface area contributed by atoms with Crippen LogP contribution in [0.25, 0.3) is 5.57 Å². The quantitative estimate of drug-likeness (QED) is 0.188. The average Bonchev–Trinajstić information content (AvgIpc) is 3.92. The number of nitrogens with one attached hydrogen (secondary N) is 1. The van der Waals surface area contributed by atoms with Crippen LogP contribution in [0.5, 0.6) is 5.75 Å². The molecule has 1 saturated carbocycles. The molecule has 3 aromatic rings. The van der Waals surface area contributed by atoms with Crippen molar-refractivity contribution in [1.82, 2.24) is 15.1 Å². The topological polar surface area (TPSA) is 99.2 Å². The van der Waals surface area contributed by atoms with Crippen molar-refractivity contribution >= 4 is 39.3 Å². The highest BCUT2D eigenvalue weighted by Crippen LogP contribution is 2.37. The summed E-state index contributed by atoms with van der Waals surface area (Å²) in [5, 5.41) is 12.7. The van der Waals surface area contributed by atoms with Gasteiger partial charge >= 0.3 is 5.97 Å². The third-order valence-corrected chi connectivity index (χ3v) is 9.93. The van der Waals surface area contributed by atoms with E-state index in [9.17, 15) is 18.8 Å². The molecule has 0 radical (unpaired) electrons. The summed E-state index contributed by atoms with van der Waals surface area (Å²) in [4.78, 5) is 42.6. The Morgan fingerprint density at radius 2 is 1.73 bits per heavy atom. The monoisotopic (exact) mass is 717 g/mol. The predicted octanol–water partition coefficient (Wildman–Crippen LogP) is 6.37. The molecular formula is C38H41BrFN3O5. The Balaban J connectivity index is 1.21. The Kier molecular flexibility index (Phi) is 10.9. The molecule has 3 aromatic carbocycles. The zero-order valence-corrected chi connectivity index (χ0v) is 28.5. The largest absolute Gasteiger partial charge is 0.492 e. The standard InChI is InChI=1S/C38H41BrFN3O5/c39-32-18-15-28(40)20-34(32)48-19-5-8-25-11-13-27(14-12-25)31-21-29-23-42(35(44)9-4-10-36(45)46)24-33(41-29)37(31)38(47)43(30-16-17-30)22-26-6-2-1-3-7-26/h1-3,6-7,11-15,18,20,29-30,33,41H,4-5,8-10,16-17,19,21-24H2,(H,45,46)/t29-,33-/m1/s1. The van der Waals surface area contributed by atoms with Gasteiger partial charge in [-0.05, 0) is 88.9 Å². The maximum atomic E-state index is 14.6. The van der Waals surface area contributed by atoms with Crippen molar-refractivity contribution in [1.29, 1.82) is 0 Å². The van der Waals surface area contributed by atoms with E-state index >= 15 is 0 Å². The minimum absolute atomic E-state index is 0.0113. The summed E-state index contributed by atoms with van der Waals surface area (Å²) in [5.41, 5.74) is 4.98. The first-order valence-electron chi connectivity index (χ1n) is 16.8. The molecule has 10 heteroatoms. The van der Waals surface area contributed by atoms with Crippen molar-refractivity contribution < 1.29 is 28.6 Å². The summed E-state index contributed by atoms with van der Waals surface area (Å²) in [5.74, 6) is -0.815. The average molecular weight is 719 g/mol. The van der Waals surface area contributed by atoms with Crippen LogP contribution in [0.2, 0.25) is 0 Å². The molecule has 2 N–H and O–H groups in total. The number of carbonyl (C=O) groups is 3. The maximum Gasteiger partial charge on any atom is 0.303 e. The molecule has 2 aliphatic heterocycles. The summed E-state index contributed by atoms with van der Waals surface area (Å²) in [6.07, 6.45) is 4.55. The van der Waals surface area contributed by atoms with E-state index in [-0.39, 0.29) is 48.6 Å². The van der Waals surface area contributed by atoms with Crippen LogP contribution in [0.1, 0.15) is 61.6 Å². The summed E-state index contributed by atoms with van der Waals surface area (Å²) < 4.78 is 20.1. The molecule has 2 heterocycles. The second-order valence-electron chi connectivity index (χ2n) is 12.9. The van der Waals surface area contributed by atoms with E-state index in [1.54, 1.807) is 6.07 Å². The fourth-order valence-corrected chi connectivity index (χ4v) is 7.09. The summed E-state index contributed by atoms with van der Waals surface area (Å²) in [7, 11) is 0. The van der Waals surface area contributed by atoms with Gasteiger partial charge in [-0.15, -0.1) is 0 Å². The molecule has 252 valence electrons. The maximum absolute atomic E-state index is 14.6. The van der Waals surface area contributed by atoms with E-state index in [2.05, 4.69) is 45.5 Å². The number of aryl methyl sites for hydroxylation is 1. The van der Waals surface area contributed by atoms with Crippen molar-refractivity contribution in [3.8, 4) is 5.75 Å². The number of hydrogen-bond donors (Lipinski definition) is 2. The second-order valence-corrected chi connectivity index (χ2v) is 13.8. The minimum Gasteiger partial charge on any atom is -0.492 e. The lowest BCUT2D eigenvalue weighted by Gasteiger charge is -2.45. The van der Waals surface area contributed by atoms with Crippen LogP contribution in [0.3, 0.4) is 0 Å². The lowest BCUT2D eigenvalue weighted by Crippen LogP contribution is -2.62. The normalized spacial score (nSPS) is 18.8. The molecule has 0 unspecified atom stereocenters. The van der Waals surface area contributed by atoms with Gasteiger partial charge < -0.3 is 25.0 Å². The van der Waals surface area contributed by atoms with Crippen LogP contribution in [0.15, 0.2) is 82.8 Å². The molecule has 8 nitrogen and oxygen atoms in total. The molecule has 48 heavy (non-hydrogen) atoms. The van der Waals surface area contributed by atoms with Crippen LogP contribution in [0.4, 0.5) is 4.39 Å². The van der Waals surface area contributed by atoms with Crippen LogP contribution >= 0.6 is 15.9 Å². The van der Waals surface area contributed by atoms with Crippen LogP contribution in [0, 0.1) is 5.82 Å². The van der Waals surface area contributed by atoms with Crippen LogP contribution < -0.4 is 10.1 Å². The lowest BCUT2D eigenvalue weighted by atomic mass is 9.82. The van der Waals surface area contributed by atoms with Gasteiger partial charge in [0.15, 0.2) is 0 Å². The highest BCUT2D eigenvalue weighted by molar-refractivity contribution is 9.10. The molecular weight excluding hydrogens is 677 g/mol. The fraction of sp³-hybridized carbons (Fsp3) is 0.395. The summed E-state index contributed by atoms with van der Waals surface area (Å²) in [6.45, 7) is 1.87. The Morgan fingerprint density at radius 3 is 2.46 bits per heavy atom. The van der Waals surface area contributed by atoms with Crippen LogP contribution in [-0.4, -0.2) is 70.5 Å². The number of ether oxygens (including phenoxy) is 1. The number of halogens is 2. The van der Waals surface area contributed by atoms with E-state index in [0.29, 0.717) is 49.3 Å². The van der Waals surface area contributed by atoms with Gasteiger partial charge in [-0.3, -0.25) is 14.4 Å². The van der Waals surface area contributed by atoms with Crippen molar-refractivity contribution in [3.63, 3.8) is 0 Å². The number of amides is 2. The molecule has 6 rings (SSSR count). The number of carboxylic acids is 1. The lowest BCUT2D eigenvalue weighted by molar-refractivity contribution is -0.138. The zero-order valence-electron chi connectivity index (χ0n) is 26.9. The molecule has 2 bridgehead atoms. The number of fused-ring (bicyclic) bond motifs is 2. The van der Waals surface area contributed by atoms with Gasteiger partial charge in [-0.2, -0.15) is 0 Å². The third-order valence-electron chi connectivity index (χ3n) is 9.28. The summed E-state index contributed by atoms with van der Waals surface area (Å²) >= 11 is 3.40. The number of hydrogen-bond acceptors (Lipinski definition) is 5. The molecule has 2 atom stereocenters. The van der Waals surface area contributed by atoms with Gasteiger partial charge in [-0.25, -0.2) is 4.39 Å². The fourth-order valence-electron chi connectivity index (χ4n) is 6.73. The predicted molar refractivity (Wildman–Crippen MR) is 185 cm³/mol. The van der Waals surface area contributed by atoms with Crippen molar-refractivity contribution in [2.45, 2.75) is 76.0 Å². The van der Waals surface area contributed by atoms with Gasteiger partial charge in [0.05, 0.1) is 17.1 Å². The zero-order chi connectivity index (χ0) is 33.6. The second kappa shape index (κ2) is 15.5. The van der Waals surface area contributed by atoms with Gasteiger partial charge in [-0.1, -0.05) is 54.6 Å². The third kappa shape index (κ3) is 8.52. The Morgan fingerprint density at radius 1 is 0.958 bits per heavy atom. The number of aliphatic carboxylic acids is 1.